The summed E-state index contributed by atoms with van der Waals surface area (Å²) in [6.07, 6.45) is 4.94. The van der Waals surface area contributed by atoms with E-state index >= 15 is 0 Å². The van der Waals surface area contributed by atoms with Crippen molar-refractivity contribution >= 4 is 17.6 Å². The summed E-state index contributed by atoms with van der Waals surface area (Å²) in [4.78, 5) is 7.99. The highest BCUT2D eigenvalue weighted by Gasteiger charge is 1.99. The molecule has 2 N–H and O–H groups in total. The molecule has 0 radical (unpaired) electrons. The molecule has 2 aromatic heterocycles. The number of nitrogens with zero attached hydrogens (tertiary/aromatic N) is 2. The average Bonchev–Trinajstić information content (AvgIpc) is 2.70. The summed E-state index contributed by atoms with van der Waals surface area (Å²) >= 11 is 1.53. The molecule has 0 saturated heterocycles. The molecule has 0 saturated carbocycles. The highest BCUT2D eigenvalue weighted by molar-refractivity contribution is 7.98. The Morgan fingerprint density at radius 2 is 2.29 bits per heavy atom. The zero-order valence-corrected chi connectivity index (χ0v) is 8.20. The maximum Gasteiger partial charge on any atom is 0.255 e. The van der Waals surface area contributed by atoms with Crippen LogP contribution in [-0.4, -0.2) is 9.97 Å². The van der Waals surface area contributed by atoms with E-state index in [2.05, 4.69) is 9.97 Å². The van der Waals surface area contributed by atoms with Gasteiger partial charge in [0.05, 0.1) is 6.20 Å². The fraction of sp³-hybridized carbons (Fsp3) is 0.111. The molecule has 0 aromatic carbocycles. The van der Waals surface area contributed by atoms with Crippen LogP contribution in [0.3, 0.4) is 0 Å². The van der Waals surface area contributed by atoms with Gasteiger partial charge in [0.1, 0.15) is 12.1 Å². The maximum absolute atomic E-state index is 5.47. The molecule has 0 unspecified atom stereocenters. The van der Waals surface area contributed by atoms with Crippen molar-refractivity contribution < 1.29 is 4.42 Å². The van der Waals surface area contributed by atoms with Gasteiger partial charge in [0.25, 0.3) is 5.22 Å². The van der Waals surface area contributed by atoms with E-state index in [4.69, 9.17) is 10.2 Å². The maximum atomic E-state index is 5.47. The van der Waals surface area contributed by atoms with E-state index in [9.17, 15) is 0 Å². The van der Waals surface area contributed by atoms with Crippen molar-refractivity contribution in [2.24, 2.45) is 0 Å². The molecule has 14 heavy (non-hydrogen) atoms. The van der Waals surface area contributed by atoms with Gasteiger partial charge in [0, 0.05) is 11.9 Å². The Morgan fingerprint density at radius 3 is 2.93 bits per heavy atom. The Morgan fingerprint density at radius 1 is 1.36 bits per heavy atom. The van der Waals surface area contributed by atoms with Gasteiger partial charge in [0.15, 0.2) is 0 Å². The van der Waals surface area contributed by atoms with E-state index in [0.717, 1.165) is 11.3 Å². The van der Waals surface area contributed by atoms with Crippen LogP contribution in [0.4, 0.5) is 5.82 Å². The quantitative estimate of drug-likeness (QED) is 0.779. The number of hydrogen-bond acceptors (Lipinski definition) is 5. The first-order valence-electron chi connectivity index (χ1n) is 4.07. The molecule has 0 amide bonds. The fourth-order valence-corrected chi connectivity index (χ4v) is 1.67. The van der Waals surface area contributed by atoms with Gasteiger partial charge >= 0.3 is 0 Å². The van der Waals surface area contributed by atoms with Crippen LogP contribution in [0.15, 0.2) is 40.4 Å². The number of oxazole rings is 1. The zero-order chi connectivity index (χ0) is 9.80. The van der Waals surface area contributed by atoms with Gasteiger partial charge in [0.2, 0.25) is 0 Å². The average molecular weight is 207 g/mol. The van der Waals surface area contributed by atoms with Crippen molar-refractivity contribution in [2.75, 3.05) is 5.73 Å². The smallest absolute Gasteiger partial charge is 0.255 e. The molecular weight excluding hydrogens is 198 g/mol. The number of rotatable bonds is 3. The molecule has 2 rings (SSSR count). The minimum absolute atomic E-state index is 0.537. The largest absolute Gasteiger partial charge is 0.440 e. The van der Waals surface area contributed by atoms with Crippen LogP contribution in [0.5, 0.6) is 0 Å². The van der Waals surface area contributed by atoms with E-state index < -0.39 is 0 Å². The second-order valence-corrected chi connectivity index (χ2v) is 3.60. The van der Waals surface area contributed by atoms with Crippen LogP contribution >= 0.6 is 11.8 Å². The standard InChI is InChI=1S/C9H9N3OS/c10-8-2-1-7(5-12-8)6-14-9-11-3-4-13-9/h1-5H,6H2,(H2,10,12). The first-order valence-corrected chi connectivity index (χ1v) is 5.06. The lowest BCUT2D eigenvalue weighted by molar-refractivity contribution is 0.454. The SMILES string of the molecule is Nc1ccc(CSc2ncco2)cn1. The predicted molar refractivity (Wildman–Crippen MR) is 54.7 cm³/mol. The molecule has 4 nitrogen and oxygen atoms in total. The van der Waals surface area contributed by atoms with E-state index in [0.29, 0.717) is 11.0 Å². The van der Waals surface area contributed by atoms with Gasteiger partial charge in [-0.3, -0.25) is 0 Å². The van der Waals surface area contributed by atoms with Crippen molar-refractivity contribution in [3.05, 3.63) is 36.4 Å². The van der Waals surface area contributed by atoms with Gasteiger partial charge in [-0.25, -0.2) is 9.97 Å². The molecule has 0 spiro atoms. The molecular formula is C9H9N3OS. The minimum Gasteiger partial charge on any atom is -0.440 e. The van der Waals surface area contributed by atoms with Gasteiger partial charge in [-0.05, 0) is 11.6 Å². The molecule has 5 heteroatoms. The number of hydrogen-bond donors (Lipinski definition) is 1. The monoisotopic (exact) mass is 207 g/mol. The second kappa shape index (κ2) is 4.15. The van der Waals surface area contributed by atoms with Crippen LogP contribution in [-0.2, 0) is 5.75 Å². The third-order valence-corrected chi connectivity index (χ3v) is 2.55. The van der Waals surface area contributed by atoms with Crippen molar-refractivity contribution in [3.8, 4) is 0 Å². The Balaban J connectivity index is 1.95. The molecule has 0 aliphatic rings. The Labute approximate surface area is 85.6 Å². The summed E-state index contributed by atoms with van der Waals surface area (Å²) in [5, 5.41) is 0.668. The zero-order valence-electron chi connectivity index (χ0n) is 7.38. The molecule has 72 valence electrons. The van der Waals surface area contributed by atoms with Crippen LogP contribution in [0.1, 0.15) is 5.56 Å². The molecule has 0 fully saturated rings. The van der Waals surface area contributed by atoms with Crippen molar-refractivity contribution in [2.45, 2.75) is 11.0 Å². The van der Waals surface area contributed by atoms with E-state index in [1.807, 2.05) is 6.07 Å². The molecule has 0 aliphatic heterocycles. The van der Waals surface area contributed by atoms with Crippen LogP contribution in [0.25, 0.3) is 0 Å². The van der Waals surface area contributed by atoms with Crippen LogP contribution in [0, 0.1) is 0 Å². The topological polar surface area (TPSA) is 64.9 Å². The van der Waals surface area contributed by atoms with E-state index in [1.165, 1.54) is 11.8 Å². The van der Waals surface area contributed by atoms with Crippen LogP contribution < -0.4 is 5.73 Å². The van der Waals surface area contributed by atoms with Gasteiger partial charge in [-0.2, -0.15) is 0 Å². The van der Waals surface area contributed by atoms with Gasteiger partial charge in [-0.1, -0.05) is 17.8 Å². The summed E-state index contributed by atoms with van der Waals surface area (Å²) in [6.45, 7) is 0. The van der Waals surface area contributed by atoms with Crippen molar-refractivity contribution in [3.63, 3.8) is 0 Å². The first kappa shape index (κ1) is 9.08. The minimum atomic E-state index is 0.537. The molecule has 2 heterocycles. The highest BCUT2D eigenvalue weighted by atomic mass is 32.2. The summed E-state index contributed by atoms with van der Waals surface area (Å²) in [5.41, 5.74) is 6.57. The highest BCUT2D eigenvalue weighted by Crippen LogP contribution is 2.20. The van der Waals surface area contributed by atoms with Gasteiger partial charge in [-0.15, -0.1) is 0 Å². The number of pyridine rings is 1. The lowest BCUT2D eigenvalue weighted by atomic mass is 10.3. The third kappa shape index (κ3) is 2.26. The summed E-state index contributed by atoms with van der Waals surface area (Å²) in [6, 6.07) is 3.73. The number of thioether (sulfide) groups is 1. The molecule has 0 bridgehead atoms. The Bertz CT molecular complexity index is 385. The normalized spacial score (nSPS) is 10.3. The molecule has 0 atom stereocenters. The third-order valence-electron chi connectivity index (χ3n) is 1.62. The van der Waals surface area contributed by atoms with Crippen LogP contribution in [0.2, 0.25) is 0 Å². The summed E-state index contributed by atoms with van der Waals surface area (Å²) in [7, 11) is 0. The number of nitrogen functional groups attached to an aromatic ring is 1. The van der Waals surface area contributed by atoms with E-state index in [-0.39, 0.29) is 0 Å². The van der Waals surface area contributed by atoms with E-state index in [1.54, 1.807) is 24.7 Å². The lowest BCUT2D eigenvalue weighted by Gasteiger charge is -1.97. The van der Waals surface area contributed by atoms with Crippen molar-refractivity contribution in [1.82, 2.24) is 9.97 Å². The molecule has 0 aliphatic carbocycles. The summed E-state index contributed by atoms with van der Waals surface area (Å²) < 4.78 is 5.09. The molecule has 2 aromatic rings. The number of anilines is 1. The van der Waals surface area contributed by atoms with Gasteiger partial charge < -0.3 is 10.2 Å². The Kier molecular flexibility index (Phi) is 2.69. The van der Waals surface area contributed by atoms with Crippen molar-refractivity contribution in [1.29, 1.82) is 0 Å². The number of aromatic nitrogens is 2. The number of nitrogens with two attached hydrogens (primary N) is 1. The fourth-order valence-electron chi connectivity index (χ4n) is 0.948. The first-order chi connectivity index (χ1) is 6.84. The lowest BCUT2D eigenvalue weighted by Crippen LogP contribution is -1.90. The summed E-state index contributed by atoms with van der Waals surface area (Å²) in [5.74, 6) is 1.32. The predicted octanol–water partition coefficient (Wildman–Crippen LogP) is 1.94. The second-order valence-electron chi connectivity index (χ2n) is 2.68. The Hall–Kier alpha value is -1.49.